The fourth-order valence-electron chi connectivity index (χ4n) is 1.73. The fraction of sp³-hybridized carbons (Fsp3) is 0.500. The number of hydrogen-bond donors (Lipinski definition) is 1. The van der Waals surface area contributed by atoms with Gasteiger partial charge >= 0.3 is 12.3 Å². The van der Waals surface area contributed by atoms with Gasteiger partial charge in [0.2, 0.25) is 0 Å². The Balaban J connectivity index is 3.38. The van der Waals surface area contributed by atoms with Gasteiger partial charge in [-0.05, 0) is 28.5 Å². The lowest BCUT2D eigenvalue weighted by molar-refractivity contribution is -0.151. The molecule has 0 aliphatic heterocycles. The van der Waals surface area contributed by atoms with Crippen LogP contribution >= 0.6 is 15.9 Å². The fourth-order valence-corrected chi connectivity index (χ4v) is 2.09. The Labute approximate surface area is 121 Å². The van der Waals surface area contributed by atoms with Crippen molar-refractivity contribution in [3.05, 3.63) is 28.0 Å². The van der Waals surface area contributed by atoms with E-state index >= 15 is 0 Å². The van der Waals surface area contributed by atoms with Crippen molar-refractivity contribution in [3.8, 4) is 5.75 Å². The predicted octanol–water partition coefficient (Wildman–Crippen LogP) is 4.15. The minimum Gasteiger partial charge on any atom is -0.496 e. The van der Waals surface area contributed by atoms with Crippen molar-refractivity contribution in [2.45, 2.75) is 25.3 Å². The molecule has 0 spiro atoms. The third kappa shape index (κ3) is 3.41. The van der Waals surface area contributed by atoms with Crippen LogP contribution in [0.25, 0.3) is 0 Å². The molecule has 2 nitrogen and oxygen atoms in total. The molecule has 1 aromatic carbocycles. The minimum absolute atomic E-state index is 0.0329. The first kappa shape index (κ1) is 17.2. The SMILES string of the molecule is CCNC(c1cc(Br)c(F)cc1OC)C(F)(F)C(F)F. The van der Waals surface area contributed by atoms with Crippen LogP contribution in [-0.2, 0) is 0 Å². The van der Waals surface area contributed by atoms with Gasteiger partial charge in [0.05, 0.1) is 11.6 Å². The van der Waals surface area contributed by atoms with E-state index in [-0.39, 0.29) is 22.3 Å². The van der Waals surface area contributed by atoms with Gasteiger partial charge in [-0.1, -0.05) is 6.92 Å². The van der Waals surface area contributed by atoms with Gasteiger partial charge in [0.15, 0.2) is 0 Å². The maximum Gasteiger partial charge on any atom is 0.326 e. The van der Waals surface area contributed by atoms with Crippen LogP contribution < -0.4 is 10.1 Å². The first-order chi connectivity index (χ1) is 9.25. The molecule has 0 aromatic heterocycles. The zero-order valence-electron chi connectivity index (χ0n) is 10.7. The molecule has 1 atom stereocenters. The van der Waals surface area contributed by atoms with Crippen molar-refractivity contribution in [1.29, 1.82) is 0 Å². The summed E-state index contributed by atoms with van der Waals surface area (Å²) < 4.78 is 70.5. The number of methoxy groups -OCH3 is 1. The minimum atomic E-state index is -4.32. The van der Waals surface area contributed by atoms with Crippen LogP contribution in [0, 0.1) is 5.82 Å². The molecule has 0 bridgehead atoms. The molecular formula is C12H13BrF5NO. The van der Waals surface area contributed by atoms with Crippen LogP contribution in [0.1, 0.15) is 18.5 Å². The average Bonchev–Trinajstić information content (AvgIpc) is 2.38. The molecule has 0 heterocycles. The third-order valence-electron chi connectivity index (χ3n) is 2.67. The number of hydrogen-bond acceptors (Lipinski definition) is 2. The highest BCUT2D eigenvalue weighted by Gasteiger charge is 2.50. The molecule has 1 rings (SSSR count). The molecule has 8 heteroatoms. The predicted molar refractivity (Wildman–Crippen MR) is 68.0 cm³/mol. The van der Waals surface area contributed by atoms with Crippen LogP contribution in [0.3, 0.4) is 0 Å². The molecule has 0 aliphatic rings. The summed E-state index contributed by atoms with van der Waals surface area (Å²) in [6.07, 6.45) is -3.86. The van der Waals surface area contributed by atoms with E-state index in [2.05, 4.69) is 21.2 Å². The molecule has 1 N–H and O–H groups in total. The molecular weight excluding hydrogens is 349 g/mol. The summed E-state index contributed by atoms with van der Waals surface area (Å²) in [6, 6.07) is -0.109. The second kappa shape index (κ2) is 6.71. The number of ether oxygens (including phenoxy) is 1. The second-order valence-corrected chi connectivity index (χ2v) is 4.83. The molecule has 0 saturated heterocycles. The molecule has 0 fully saturated rings. The lowest BCUT2D eigenvalue weighted by atomic mass is 9.99. The van der Waals surface area contributed by atoms with Crippen molar-refractivity contribution >= 4 is 15.9 Å². The molecule has 0 radical (unpaired) electrons. The smallest absolute Gasteiger partial charge is 0.326 e. The van der Waals surface area contributed by atoms with Gasteiger partial charge in [-0.25, -0.2) is 13.2 Å². The monoisotopic (exact) mass is 361 g/mol. The van der Waals surface area contributed by atoms with E-state index in [9.17, 15) is 22.0 Å². The summed E-state index contributed by atoms with van der Waals surface area (Å²) in [7, 11) is 1.15. The third-order valence-corrected chi connectivity index (χ3v) is 3.28. The van der Waals surface area contributed by atoms with E-state index in [0.29, 0.717) is 0 Å². The van der Waals surface area contributed by atoms with E-state index in [4.69, 9.17) is 4.74 Å². The van der Waals surface area contributed by atoms with Crippen LogP contribution in [-0.4, -0.2) is 26.0 Å². The highest BCUT2D eigenvalue weighted by Crippen LogP contribution is 2.41. The highest BCUT2D eigenvalue weighted by atomic mass is 79.9. The highest BCUT2D eigenvalue weighted by molar-refractivity contribution is 9.10. The molecule has 1 unspecified atom stereocenters. The zero-order valence-corrected chi connectivity index (χ0v) is 12.3. The molecule has 1 aromatic rings. The maximum atomic E-state index is 13.7. The first-order valence-corrected chi connectivity index (χ1v) is 6.47. The van der Waals surface area contributed by atoms with Crippen molar-refractivity contribution in [3.63, 3.8) is 0 Å². The molecule has 0 amide bonds. The first-order valence-electron chi connectivity index (χ1n) is 5.67. The van der Waals surface area contributed by atoms with E-state index in [1.165, 1.54) is 6.92 Å². The van der Waals surface area contributed by atoms with Gasteiger partial charge in [-0.2, -0.15) is 8.78 Å². The number of rotatable bonds is 6. The van der Waals surface area contributed by atoms with Crippen molar-refractivity contribution in [2.75, 3.05) is 13.7 Å². The lowest BCUT2D eigenvalue weighted by Gasteiger charge is -2.28. The topological polar surface area (TPSA) is 21.3 Å². The molecule has 114 valence electrons. The Morgan fingerprint density at radius 3 is 2.40 bits per heavy atom. The molecule has 20 heavy (non-hydrogen) atoms. The normalized spacial score (nSPS) is 13.7. The van der Waals surface area contributed by atoms with Crippen LogP contribution in [0.2, 0.25) is 0 Å². The Hall–Kier alpha value is -0.890. The quantitative estimate of drug-likeness (QED) is 0.768. The van der Waals surface area contributed by atoms with E-state index in [1.807, 2.05) is 0 Å². The number of nitrogens with one attached hydrogen (secondary N) is 1. The Bertz CT molecular complexity index is 469. The summed E-state index contributed by atoms with van der Waals surface area (Å²) in [5.74, 6) is -5.28. The summed E-state index contributed by atoms with van der Waals surface area (Å²) in [6.45, 7) is 1.53. The second-order valence-electron chi connectivity index (χ2n) is 3.97. The zero-order chi connectivity index (χ0) is 15.5. The molecule has 0 aliphatic carbocycles. The standard InChI is InChI=1S/C12H13BrF5NO/c1-3-19-10(12(17,18)11(15)16)6-4-7(13)8(14)5-9(6)20-2/h4-5,10-11,19H,3H2,1-2H3. The van der Waals surface area contributed by atoms with Gasteiger partial charge in [0.1, 0.15) is 17.6 Å². The maximum absolute atomic E-state index is 13.7. The van der Waals surface area contributed by atoms with Crippen molar-refractivity contribution < 1.29 is 26.7 Å². The number of halogens is 6. The number of alkyl halides is 4. The van der Waals surface area contributed by atoms with E-state index in [0.717, 1.165) is 19.2 Å². The summed E-state index contributed by atoms with van der Waals surface area (Å²) in [5, 5.41) is 2.29. The van der Waals surface area contributed by atoms with Gasteiger partial charge in [0.25, 0.3) is 0 Å². The Kier molecular flexibility index (Phi) is 5.76. The summed E-state index contributed by atoms with van der Waals surface area (Å²) in [4.78, 5) is 0. The van der Waals surface area contributed by atoms with Crippen LogP contribution in [0.5, 0.6) is 5.75 Å². The van der Waals surface area contributed by atoms with Gasteiger partial charge < -0.3 is 10.1 Å². The van der Waals surface area contributed by atoms with E-state index < -0.39 is 24.2 Å². The van der Waals surface area contributed by atoms with E-state index in [1.54, 1.807) is 0 Å². The van der Waals surface area contributed by atoms with Crippen LogP contribution in [0.15, 0.2) is 16.6 Å². The summed E-state index contributed by atoms with van der Waals surface area (Å²) in [5.41, 5.74) is -0.243. The largest absolute Gasteiger partial charge is 0.496 e. The lowest BCUT2D eigenvalue weighted by Crippen LogP contribution is -2.42. The van der Waals surface area contributed by atoms with Crippen molar-refractivity contribution in [2.24, 2.45) is 0 Å². The number of benzene rings is 1. The van der Waals surface area contributed by atoms with Gasteiger partial charge in [-0.3, -0.25) is 0 Å². The Morgan fingerprint density at radius 2 is 1.95 bits per heavy atom. The average molecular weight is 362 g/mol. The summed E-state index contributed by atoms with van der Waals surface area (Å²) >= 11 is 2.84. The van der Waals surface area contributed by atoms with Gasteiger partial charge in [0, 0.05) is 11.6 Å². The van der Waals surface area contributed by atoms with Crippen LogP contribution in [0.4, 0.5) is 22.0 Å². The van der Waals surface area contributed by atoms with Crippen molar-refractivity contribution in [1.82, 2.24) is 5.32 Å². The Morgan fingerprint density at radius 1 is 1.35 bits per heavy atom. The molecule has 0 saturated carbocycles. The van der Waals surface area contributed by atoms with Gasteiger partial charge in [-0.15, -0.1) is 0 Å².